The van der Waals surface area contributed by atoms with Crippen LogP contribution in [0.3, 0.4) is 0 Å². The minimum atomic E-state index is 0.657. The maximum Gasteiger partial charge on any atom is 0.160 e. The minimum absolute atomic E-state index is 0.657. The van der Waals surface area contributed by atoms with Crippen LogP contribution in [0.4, 0.5) is 0 Å². The lowest BCUT2D eigenvalue weighted by molar-refractivity contribution is 0.672. The number of rotatable bonds is 6. The fourth-order valence-corrected chi connectivity index (χ4v) is 11.0. The molecule has 7 nitrogen and oxygen atoms in total. The van der Waals surface area contributed by atoms with Crippen LogP contribution in [-0.4, -0.2) is 24.1 Å². The molecule has 15 aromatic rings. The van der Waals surface area contributed by atoms with Crippen molar-refractivity contribution in [2.75, 3.05) is 0 Å². The SMILES string of the molecule is c1ccc(-c2cc(-c3ccc(-n4c5ccccc5c5c6oc7ccccc7c6ccc54)c(-c4cnccc4-n4c5ccccc5c5c6oc7ccccc7c6ccc54)c3)nc(-c3ccccc3)n2)cc1. The molecule has 6 heterocycles. The van der Waals surface area contributed by atoms with Gasteiger partial charge >= 0.3 is 0 Å². The Balaban J connectivity index is 1.04. The molecule has 0 aliphatic rings. The number of hydrogen-bond acceptors (Lipinski definition) is 5. The first-order valence-electron chi connectivity index (χ1n) is 23.5. The van der Waals surface area contributed by atoms with Gasteiger partial charge in [-0.2, -0.15) is 0 Å². The molecule has 0 N–H and O–H groups in total. The van der Waals surface area contributed by atoms with Crippen LogP contribution in [-0.2, 0) is 0 Å². The quantitative estimate of drug-likeness (QED) is 0.166. The Bertz CT molecular complexity index is 4540. The van der Waals surface area contributed by atoms with Gasteiger partial charge in [-0.1, -0.05) is 140 Å². The fraction of sp³-hybridized carbons (Fsp3) is 0. The van der Waals surface area contributed by atoms with Crippen LogP contribution in [0.2, 0.25) is 0 Å². The summed E-state index contributed by atoms with van der Waals surface area (Å²) in [7, 11) is 0. The zero-order valence-corrected chi connectivity index (χ0v) is 37.4. The van der Waals surface area contributed by atoms with Crippen molar-refractivity contribution >= 4 is 87.5 Å². The second kappa shape index (κ2) is 15.0. The smallest absolute Gasteiger partial charge is 0.160 e. The largest absolute Gasteiger partial charge is 0.455 e. The molecule has 0 aliphatic heterocycles. The molecule has 15 rings (SSSR count). The number of para-hydroxylation sites is 4. The van der Waals surface area contributed by atoms with Crippen molar-refractivity contribution in [3.63, 3.8) is 0 Å². The van der Waals surface area contributed by atoms with Crippen LogP contribution in [0.15, 0.2) is 234 Å². The van der Waals surface area contributed by atoms with Gasteiger partial charge in [0, 0.05) is 72.5 Å². The minimum Gasteiger partial charge on any atom is -0.455 e. The van der Waals surface area contributed by atoms with Crippen molar-refractivity contribution in [1.82, 2.24) is 24.1 Å². The molecular formula is C63H37N5O2. The van der Waals surface area contributed by atoms with E-state index in [1.54, 1.807) is 0 Å². The summed E-state index contributed by atoms with van der Waals surface area (Å²) in [6.45, 7) is 0. The summed E-state index contributed by atoms with van der Waals surface area (Å²) in [5.74, 6) is 0.657. The standard InChI is InChI=1S/C63H37N5O2/c1-3-15-38(16-4-1)49-36-50(66-63(65-49)39-17-5-2-6-18-39)40-27-30-53(67-51-23-11-7-21-45(51)59-55(67)31-28-43-41-19-9-13-25-57(41)69-61(43)59)47(35-40)48-37-64-34-33-54(48)68-52-24-12-8-22-46(52)60-56(68)32-29-44-42-20-10-14-26-58(42)70-62(44)60/h1-37H. The lowest BCUT2D eigenvalue weighted by Crippen LogP contribution is -2.03. The van der Waals surface area contributed by atoms with E-state index in [9.17, 15) is 0 Å². The van der Waals surface area contributed by atoms with E-state index in [-0.39, 0.29) is 0 Å². The second-order valence-electron chi connectivity index (χ2n) is 17.9. The lowest BCUT2D eigenvalue weighted by atomic mass is 9.98. The van der Waals surface area contributed by atoms with E-state index in [0.717, 1.165) is 138 Å². The van der Waals surface area contributed by atoms with Crippen LogP contribution < -0.4 is 0 Å². The molecule has 0 unspecified atom stereocenters. The molecule has 0 radical (unpaired) electrons. The predicted octanol–water partition coefficient (Wildman–Crippen LogP) is 16.5. The molecule has 70 heavy (non-hydrogen) atoms. The molecule has 326 valence electrons. The number of benzene rings is 9. The molecule has 0 saturated heterocycles. The van der Waals surface area contributed by atoms with Gasteiger partial charge in [-0.3, -0.25) is 4.98 Å². The predicted molar refractivity (Wildman–Crippen MR) is 285 cm³/mol. The normalized spacial score (nSPS) is 12.0. The molecular weight excluding hydrogens is 859 g/mol. The van der Waals surface area contributed by atoms with Gasteiger partial charge in [0.15, 0.2) is 5.82 Å². The maximum absolute atomic E-state index is 6.76. The van der Waals surface area contributed by atoms with E-state index in [2.05, 4.69) is 179 Å². The third-order valence-electron chi connectivity index (χ3n) is 14.1. The van der Waals surface area contributed by atoms with Gasteiger partial charge in [-0.15, -0.1) is 0 Å². The molecule has 6 aromatic heterocycles. The number of aromatic nitrogens is 5. The summed E-state index contributed by atoms with van der Waals surface area (Å²) >= 11 is 0. The lowest BCUT2D eigenvalue weighted by Gasteiger charge is -2.19. The fourth-order valence-electron chi connectivity index (χ4n) is 11.0. The van der Waals surface area contributed by atoms with Crippen molar-refractivity contribution in [3.05, 3.63) is 225 Å². The maximum atomic E-state index is 6.76. The van der Waals surface area contributed by atoms with Gasteiger partial charge in [0.05, 0.1) is 55.6 Å². The van der Waals surface area contributed by atoms with Crippen LogP contribution in [0.5, 0.6) is 0 Å². The van der Waals surface area contributed by atoms with Gasteiger partial charge in [-0.25, -0.2) is 9.97 Å². The number of furan rings is 2. The molecule has 0 bridgehead atoms. The first-order chi connectivity index (χ1) is 34.7. The molecule has 0 atom stereocenters. The summed E-state index contributed by atoms with van der Waals surface area (Å²) in [5, 5.41) is 8.74. The van der Waals surface area contributed by atoms with Gasteiger partial charge < -0.3 is 18.0 Å². The molecule has 0 aliphatic carbocycles. The zero-order valence-electron chi connectivity index (χ0n) is 37.4. The summed E-state index contributed by atoms with van der Waals surface area (Å²) in [6, 6.07) is 74.3. The monoisotopic (exact) mass is 895 g/mol. The van der Waals surface area contributed by atoms with Crippen LogP contribution >= 0.6 is 0 Å². The molecule has 0 saturated carbocycles. The topological polar surface area (TPSA) is 74.8 Å². The molecule has 0 amide bonds. The Hall–Kier alpha value is -9.59. The first kappa shape index (κ1) is 38.5. The van der Waals surface area contributed by atoms with E-state index < -0.39 is 0 Å². The summed E-state index contributed by atoms with van der Waals surface area (Å²) in [6.07, 6.45) is 3.90. The summed E-state index contributed by atoms with van der Waals surface area (Å²) in [4.78, 5) is 15.4. The van der Waals surface area contributed by atoms with Gasteiger partial charge in [0.2, 0.25) is 0 Å². The van der Waals surface area contributed by atoms with Crippen LogP contribution in [0, 0.1) is 0 Å². The number of nitrogens with zero attached hydrogens (tertiary/aromatic N) is 5. The number of fused-ring (bicyclic) bond motifs is 14. The van der Waals surface area contributed by atoms with Crippen LogP contribution in [0.1, 0.15) is 0 Å². The Morgan fingerprint density at radius 1 is 0.343 bits per heavy atom. The van der Waals surface area contributed by atoms with E-state index in [0.29, 0.717) is 5.82 Å². The van der Waals surface area contributed by atoms with Crippen molar-refractivity contribution in [3.8, 4) is 56.4 Å². The molecule has 0 fully saturated rings. The zero-order chi connectivity index (χ0) is 45.9. The molecule has 9 aromatic carbocycles. The van der Waals surface area contributed by atoms with Crippen molar-refractivity contribution in [1.29, 1.82) is 0 Å². The highest BCUT2D eigenvalue weighted by Crippen LogP contribution is 2.46. The highest BCUT2D eigenvalue weighted by Gasteiger charge is 2.25. The molecule has 7 heteroatoms. The first-order valence-corrected chi connectivity index (χ1v) is 23.5. The number of hydrogen-bond donors (Lipinski definition) is 0. The Morgan fingerprint density at radius 3 is 1.44 bits per heavy atom. The molecule has 0 spiro atoms. The Labute approximate surface area is 399 Å². The average Bonchev–Trinajstić information content (AvgIpc) is 4.19. The van der Waals surface area contributed by atoms with E-state index >= 15 is 0 Å². The Kier molecular flexibility index (Phi) is 8.23. The average molecular weight is 896 g/mol. The van der Waals surface area contributed by atoms with Crippen molar-refractivity contribution in [2.45, 2.75) is 0 Å². The highest BCUT2D eigenvalue weighted by molar-refractivity contribution is 6.25. The highest BCUT2D eigenvalue weighted by atomic mass is 16.3. The van der Waals surface area contributed by atoms with Crippen molar-refractivity contribution < 1.29 is 8.83 Å². The Morgan fingerprint density at radius 2 is 0.843 bits per heavy atom. The summed E-state index contributed by atoms with van der Waals surface area (Å²) in [5.41, 5.74) is 16.1. The van der Waals surface area contributed by atoms with Gasteiger partial charge in [-0.05, 0) is 72.8 Å². The van der Waals surface area contributed by atoms with E-state index in [1.165, 1.54) is 0 Å². The van der Waals surface area contributed by atoms with E-state index in [1.807, 2.05) is 54.9 Å². The second-order valence-corrected chi connectivity index (χ2v) is 17.9. The van der Waals surface area contributed by atoms with Crippen molar-refractivity contribution in [2.24, 2.45) is 0 Å². The van der Waals surface area contributed by atoms with Gasteiger partial charge in [0.1, 0.15) is 22.3 Å². The van der Waals surface area contributed by atoms with E-state index in [4.69, 9.17) is 23.8 Å². The van der Waals surface area contributed by atoms with Crippen LogP contribution in [0.25, 0.3) is 144 Å². The number of pyridine rings is 1. The summed E-state index contributed by atoms with van der Waals surface area (Å²) < 4.78 is 18.3. The van der Waals surface area contributed by atoms with Gasteiger partial charge in [0.25, 0.3) is 0 Å². The third-order valence-corrected chi connectivity index (χ3v) is 14.1. The third kappa shape index (κ3) is 5.66.